The van der Waals surface area contributed by atoms with Crippen LogP contribution in [0.1, 0.15) is 98.0 Å². The van der Waals surface area contributed by atoms with Gasteiger partial charge in [-0.25, -0.2) is 4.79 Å². The van der Waals surface area contributed by atoms with Gasteiger partial charge in [0.15, 0.2) is 0 Å². The molecule has 2 unspecified atom stereocenters. The van der Waals surface area contributed by atoms with Crippen molar-refractivity contribution in [3.8, 4) is 0 Å². The third kappa shape index (κ3) is 8.33. The predicted octanol–water partition coefficient (Wildman–Crippen LogP) is 5.30. The minimum Gasteiger partial charge on any atom is -0.598 e. The lowest BCUT2D eigenvalue weighted by molar-refractivity contribution is -0.0601. The molecule has 0 aromatic heterocycles. The standard InChI is InChI=1S/C29H48N2O5S/c1-27(2,3)36-26(33)31-19-10-17-29(18-20-32,30-37(34)28(4,5)6)25(31)21-35-24-15-13-23(14-16-24)22-11-8-7-9-12-22/h7-9,11-12,23-25,30,32H,10,13-21H2,1-6H3/t23-,24+,25?,29?,37-/m1/s1. The lowest BCUT2D eigenvalue weighted by Gasteiger charge is -2.50. The summed E-state index contributed by atoms with van der Waals surface area (Å²) in [6.07, 6.45) is 5.60. The summed E-state index contributed by atoms with van der Waals surface area (Å²) in [4.78, 5) is 15.1. The normalized spacial score (nSPS) is 28.1. The van der Waals surface area contributed by atoms with E-state index in [9.17, 15) is 14.5 Å². The van der Waals surface area contributed by atoms with Crippen LogP contribution in [-0.2, 0) is 20.8 Å². The van der Waals surface area contributed by atoms with Crippen molar-refractivity contribution in [2.45, 2.75) is 120 Å². The maximum absolute atomic E-state index is 13.3. The number of hydrogen-bond acceptors (Lipinski definition) is 6. The molecule has 37 heavy (non-hydrogen) atoms. The molecule has 210 valence electrons. The van der Waals surface area contributed by atoms with Gasteiger partial charge in [-0.2, -0.15) is 0 Å². The highest BCUT2D eigenvalue weighted by Crippen LogP contribution is 2.37. The molecule has 8 heteroatoms. The van der Waals surface area contributed by atoms with Crippen molar-refractivity contribution in [3.63, 3.8) is 0 Å². The Morgan fingerprint density at radius 3 is 2.35 bits per heavy atom. The van der Waals surface area contributed by atoms with Gasteiger partial charge in [0.1, 0.15) is 10.3 Å². The Morgan fingerprint density at radius 1 is 1.14 bits per heavy atom. The fraction of sp³-hybridized carbons (Fsp3) is 0.759. The van der Waals surface area contributed by atoms with Crippen LogP contribution in [0.3, 0.4) is 0 Å². The van der Waals surface area contributed by atoms with E-state index in [4.69, 9.17) is 9.47 Å². The minimum atomic E-state index is -1.37. The van der Waals surface area contributed by atoms with E-state index < -0.39 is 33.3 Å². The molecule has 1 aromatic carbocycles. The number of nitrogens with zero attached hydrogens (tertiary/aromatic N) is 1. The maximum atomic E-state index is 13.3. The Morgan fingerprint density at radius 2 is 1.78 bits per heavy atom. The molecule has 1 amide bonds. The van der Waals surface area contributed by atoms with E-state index in [1.807, 2.05) is 41.5 Å². The molecule has 3 rings (SSSR count). The molecule has 1 saturated carbocycles. The zero-order valence-electron chi connectivity index (χ0n) is 23.6. The second-order valence-corrected chi connectivity index (χ2v) is 14.6. The van der Waals surface area contributed by atoms with Crippen molar-refractivity contribution in [2.24, 2.45) is 0 Å². The summed E-state index contributed by atoms with van der Waals surface area (Å²) in [6.45, 7) is 12.1. The second kappa shape index (κ2) is 12.7. The van der Waals surface area contributed by atoms with E-state index in [0.717, 1.165) is 32.1 Å². The van der Waals surface area contributed by atoms with Crippen LogP contribution in [0.5, 0.6) is 0 Å². The summed E-state index contributed by atoms with van der Waals surface area (Å²) < 4.78 is 28.5. The summed E-state index contributed by atoms with van der Waals surface area (Å²) >= 11 is -1.37. The van der Waals surface area contributed by atoms with Gasteiger partial charge in [-0.15, -0.1) is 4.72 Å². The van der Waals surface area contributed by atoms with Crippen LogP contribution >= 0.6 is 0 Å². The summed E-state index contributed by atoms with van der Waals surface area (Å²) in [5.74, 6) is 0.554. The second-order valence-electron chi connectivity index (χ2n) is 12.6. The van der Waals surface area contributed by atoms with Crippen LogP contribution in [0, 0.1) is 0 Å². The molecule has 2 fully saturated rings. The van der Waals surface area contributed by atoms with E-state index in [0.29, 0.717) is 31.9 Å². The summed E-state index contributed by atoms with van der Waals surface area (Å²) in [6, 6.07) is 10.3. The van der Waals surface area contributed by atoms with Gasteiger partial charge in [-0.05, 0) is 98.0 Å². The molecule has 2 aliphatic rings. The van der Waals surface area contributed by atoms with Crippen molar-refractivity contribution >= 4 is 17.5 Å². The number of piperidine rings is 1. The van der Waals surface area contributed by atoms with E-state index in [1.165, 1.54) is 5.56 Å². The maximum Gasteiger partial charge on any atom is 0.410 e. The van der Waals surface area contributed by atoms with Crippen LogP contribution in [0.15, 0.2) is 30.3 Å². The lowest BCUT2D eigenvalue weighted by Crippen LogP contribution is -2.69. The number of likely N-dealkylation sites (tertiary alicyclic amines) is 1. The summed E-state index contributed by atoms with van der Waals surface area (Å²) in [5, 5.41) is 10.1. The highest BCUT2D eigenvalue weighted by molar-refractivity contribution is 7.90. The van der Waals surface area contributed by atoms with Crippen molar-refractivity contribution < 1.29 is 23.9 Å². The van der Waals surface area contributed by atoms with Crippen LogP contribution in [-0.4, -0.2) is 68.4 Å². The number of carbonyl (C=O) groups excluding carboxylic acids is 1. The number of hydrogen-bond donors (Lipinski definition) is 2. The number of aliphatic hydroxyl groups excluding tert-OH is 1. The Balaban J connectivity index is 1.77. The van der Waals surface area contributed by atoms with E-state index in [2.05, 4.69) is 35.1 Å². The lowest BCUT2D eigenvalue weighted by atomic mass is 9.79. The average molecular weight is 537 g/mol. The number of nitrogens with one attached hydrogen (secondary N) is 1. The van der Waals surface area contributed by atoms with Gasteiger partial charge >= 0.3 is 6.09 Å². The zero-order valence-corrected chi connectivity index (χ0v) is 24.4. The fourth-order valence-electron chi connectivity index (χ4n) is 5.49. The molecule has 1 aromatic rings. The Kier molecular flexibility index (Phi) is 10.4. The van der Waals surface area contributed by atoms with Gasteiger partial charge in [0.25, 0.3) is 0 Å². The van der Waals surface area contributed by atoms with Crippen LogP contribution in [0.25, 0.3) is 0 Å². The van der Waals surface area contributed by atoms with E-state index in [-0.39, 0.29) is 18.8 Å². The molecule has 7 nitrogen and oxygen atoms in total. The SMILES string of the molecule is CC(C)(C)OC(=O)N1CCCC(CCO)(N[S@+]([O-])C(C)(C)C)C1CO[C@H]1CC[C@@H](c2ccccc2)CC1. The first-order chi connectivity index (χ1) is 17.3. The van der Waals surface area contributed by atoms with Gasteiger partial charge < -0.3 is 24.0 Å². The molecule has 1 aliphatic heterocycles. The Hall–Kier alpha value is -1.32. The van der Waals surface area contributed by atoms with E-state index >= 15 is 0 Å². The molecule has 0 bridgehead atoms. The van der Waals surface area contributed by atoms with Crippen molar-refractivity contribution in [3.05, 3.63) is 35.9 Å². The van der Waals surface area contributed by atoms with Crippen molar-refractivity contribution in [2.75, 3.05) is 19.8 Å². The fourth-order valence-corrected chi connectivity index (χ4v) is 6.50. The van der Waals surface area contributed by atoms with Crippen molar-refractivity contribution in [1.29, 1.82) is 0 Å². The molecule has 1 aliphatic carbocycles. The van der Waals surface area contributed by atoms with Crippen LogP contribution < -0.4 is 4.72 Å². The average Bonchev–Trinajstić information content (AvgIpc) is 2.82. The molecule has 1 saturated heterocycles. The smallest absolute Gasteiger partial charge is 0.410 e. The van der Waals surface area contributed by atoms with Crippen LogP contribution in [0.4, 0.5) is 4.79 Å². The third-order valence-corrected chi connectivity index (χ3v) is 9.21. The third-order valence-electron chi connectivity index (χ3n) is 7.51. The quantitative estimate of drug-likeness (QED) is 0.438. The molecule has 1 heterocycles. The number of benzene rings is 1. The number of rotatable bonds is 8. The van der Waals surface area contributed by atoms with Crippen molar-refractivity contribution in [1.82, 2.24) is 9.62 Å². The minimum absolute atomic E-state index is 0.0742. The molecular weight excluding hydrogens is 488 g/mol. The van der Waals surface area contributed by atoms with Crippen LogP contribution in [0.2, 0.25) is 0 Å². The molecule has 0 spiro atoms. The first kappa shape index (κ1) is 30.2. The highest BCUT2D eigenvalue weighted by Gasteiger charge is 2.51. The summed E-state index contributed by atoms with van der Waals surface area (Å²) in [5.41, 5.74) is 0.0283. The summed E-state index contributed by atoms with van der Waals surface area (Å²) in [7, 11) is 0. The number of carbonyl (C=O) groups is 1. The Labute approximate surface area is 227 Å². The Bertz CT molecular complexity index is 844. The van der Waals surface area contributed by atoms with E-state index in [1.54, 1.807) is 4.90 Å². The number of aliphatic hydroxyl groups is 1. The highest BCUT2D eigenvalue weighted by atomic mass is 32.2. The van der Waals surface area contributed by atoms with Gasteiger partial charge in [0.05, 0.1) is 24.3 Å². The van der Waals surface area contributed by atoms with Gasteiger partial charge in [-0.3, -0.25) is 0 Å². The largest absolute Gasteiger partial charge is 0.598 e. The molecular formula is C29H48N2O5S. The van der Waals surface area contributed by atoms with Gasteiger partial charge in [0, 0.05) is 24.5 Å². The predicted molar refractivity (Wildman–Crippen MR) is 149 cm³/mol. The topological polar surface area (TPSA) is 94.1 Å². The van der Waals surface area contributed by atoms with Gasteiger partial charge in [0.2, 0.25) is 0 Å². The number of ether oxygens (including phenoxy) is 2. The van der Waals surface area contributed by atoms with Gasteiger partial charge in [-0.1, -0.05) is 30.3 Å². The zero-order chi connectivity index (χ0) is 27.3. The molecule has 3 atom stereocenters. The molecule has 0 radical (unpaired) electrons. The first-order valence-electron chi connectivity index (χ1n) is 13.8. The molecule has 2 N–H and O–H groups in total. The monoisotopic (exact) mass is 536 g/mol. The first-order valence-corrected chi connectivity index (χ1v) is 15.0. The number of amides is 1.